The highest BCUT2D eigenvalue weighted by molar-refractivity contribution is 5.90. The van der Waals surface area contributed by atoms with Gasteiger partial charge >= 0.3 is 5.97 Å². The third kappa shape index (κ3) is 4.97. The van der Waals surface area contributed by atoms with Gasteiger partial charge in [0.1, 0.15) is 0 Å². The van der Waals surface area contributed by atoms with Crippen LogP contribution in [0, 0.1) is 0 Å². The van der Waals surface area contributed by atoms with E-state index < -0.39 is 0 Å². The minimum Gasteiger partial charge on any atom is -0.463 e. The summed E-state index contributed by atoms with van der Waals surface area (Å²) in [6.45, 7) is 3.55. The number of esters is 1. The van der Waals surface area contributed by atoms with E-state index >= 15 is 0 Å². The van der Waals surface area contributed by atoms with Crippen LogP contribution >= 0.6 is 0 Å². The van der Waals surface area contributed by atoms with E-state index in [4.69, 9.17) is 4.74 Å². The Morgan fingerprint density at radius 2 is 2.18 bits per heavy atom. The first-order chi connectivity index (χ1) is 8.11. The lowest BCUT2D eigenvalue weighted by Gasteiger charge is -2.02. The molecule has 0 spiro atoms. The van der Waals surface area contributed by atoms with Crippen molar-refractivity contribution in [2.75, 3.05) is 11.9 Å². The highest BCUT2D eigenvalue weighted by Crippen LogP contribution is 2.11. The van der Waals surface area contributed by atoms with Crippen molar-refractivity contribution in [2.45, 2.75) is 13.8 Å². The van der Waals surface area contributed by atoms with Crippen LogP contribution in [0.1, 0.15) is 19.4 Å². The molecule has 90 valence electrons. The molecule has 4 heteroatoms. The second kappa shape index (κ2) is 6.48. The van der Waals surface area contributed by atoms with Gasteiger partial charge in [-0.25, -0.2) is 4.79 Å². The SMILES string of the molecule is CCOC(=O)C=Cc1cccc(NC(C)=O)c1. The summed E-state index contributed by atoms with van der Waals surface area (Å²) in [6.07, 6.45) is 3.00. The highest BCUT2D eigenvalue weighted by atomic mass is 16.5. The molecule has 0 aromatic heterocycles. The zero-order valence-corrected chi connectivity index (χ0v) is 9.90. The molecular weight excluding hydrogens is 218 g/mol. The molecule has 1 rings (SSSR count). The number of carbonyl (C=O) groups excluding carboxylic acids is 2. The summed E-state index contributed by atoms with van der Waals surface area (Å²) in [5, 5.41) is 2.67. The van der Waals surface area contributed by atoms with Crippen LogP contribution in [0.2, 0.25) is 0 Å². The quantitative estimate of drug-likeness (QED) is 0.640. The number of hydrogen-bond donors (Lipinski definition) is 1. The van der Waals surface area contributed by atoms with Gasteiger partial charge in [-0.2, -0.15) is 0 Å². The number of benzene rings is 1. The van der Waals surface area contributed by atoms with E-state index in [9.17, 15) is 9.59 Å². The Bertz CT molecular complexity index is 438. The van der Waals surface area contributed by atoms with Gasteiger partial charge in [0.2, 0.25) is 5.91 Å². The average Bonchev–Trinajstić information content (AvgIpc) is 2.26. The van der Waals surface area contributed by atoms with E-state index in [2.05, 4.69) is 5.32 Å². The number of rotatable bonds is 4. The van der Waals surface area contributed by atoms with E-state index in [0.29, 0.717) is 12.3 Å². The molecule has 0 aliphatic rings. The summed E-state index contributed by atoms with van der Waals surface area (Å²) in [5.74, 6) is -0.506. The summed E-state index contributed by atoms with van der Waals surface area (Å²) in [5.41, 5.74) is 1.52. The van der Waals surface area contributed by atoms with Gasteiger partial charge in [-0.05, 0) is 30.7 Å². The smallest absolute Gasteiger partial charge is 0.330 e. The zero-order valence-electron chi connectivity index (χ0n) is 9.90. The van der Waals surface area contributed by atoms with Crippen molar-refractivity contribution in [1.82, 2.24) is 0 Å². The maximum Gasteiger partial charge on any atom is 0.330 e. The van der Waals surface area contributed by atoms with Gasteiger partial charge in [0.25, 0.3) is 0 Å². The van der Waals surface area contributed by atoms with Crippen molar-refractivity contribution in [3.8, 4) is 0 Å². The molecule has 0 fully saturated rings. The van der Waals surface area contributed by atoms with Crippen LogP contribution in [0.4, 0.5) is 5.69 Å². The van der Waals surface area contributed by atoms with Crippen LogP contribution in [0.3, 0.4) is 0 Å². The van der Waals surface area contributed by atoms with E-state index in [1.54, 1.807) is 31.2 Å². The summed E-state index contributed by atoms with van der Waals surface area (Å²) in [6, 6.07) is 7.19. The lowest BCUT2D eigenvalue weighted by atomic mass is 10.2. The summed E-state index contributed by atoms with van der Waals surface area (Å²) < 4.78 is 4.76. The number of hydrogen-bond acceptors (Lipinski definition) is 3. The maximum atomic E-state index is 11.1. The number of nitrogens with one attached hydrogen (secondary N) is 1. The van der Waals surface area contributed by atoms with Crippen molar-refractivity contribution in [3.63, 3.8) is 0 Å². The van der Waals surface area contributed by atoms with E-state index in [-0.39, 0.29) is 11.9 Å². The van der Waals surface area contributed by atoms with Gasteiger partial charge in [0, 0.05) is 18.7 Å². The highest BCUT2D eigenvalue weighted by Gasteiger charge is 1.97. The van der Waals surface area contributed by atoms with E-state index in [1.807, 2.05) is 6.07 Å². The Kier molecular flexibility index (Phi) is 4.94. The van der Waals surface area contributed by atoms with Crippen LogP contribution in [0.25, 0.3) is 6.08 Å². The first-order valence-corrected chi connectivity index (χ1v) is 5.34. The fourth-order valence-corrected chi connectivity index (χ4v) is 1.28. The average molecular weight is 233 g/mol. The van der Waals surface area contributed by atoms with Crippen LogP contribution in [-0.2, 0) is 14.3 Å². The molecule has 0 bridgehead atoms. The van der Waals surface area contributed by atoms with Crippen LogP contribution in [-0.4, -0.2) is 18.5 Å². The molecule has 0 radical (unpaired) electrons. The monoisotopic (exact) mass is 233 g/mol. The summed E-state index contributed by atoms with van der Waals surface area (Å²) in [7, 11) is 0. The fourth-order valence-electron chi connectivity index (χ4n) is 1.28. The molecule has 0 saturated carbocycles. The third-order valence-electron chi connectivity index (χ3n) is 1.91. The second-order valence-corrected chi connectivity index (χ2v) is 3.39. The molecule has 17 heavy (non-hydrogen) atoms. The molecule has 1 aromatic rings. The molecule has 0 heterocycles. The third-order valence-corrected chi connectivity index (χ3v) is 1.91. The number of ether oxygens (including phenoxy) is 1. The number of anilines is 1. The Balaban J connectivity index is 2.71. The molecule has 1 N–H and O–H groups in total. The van der Waals surface area contributed by atoms with Crippen LogP contribution in [0.5, 0.6) is 0 Å². The normalized spacial score (nSPS) is 10.2. The minimum absolute atomic E-state index is 0.128. The zero-order chi connectivity index (χ0) is 12.7. The van der Waals surface area contributed by atoms with Gasteiger partial charge in [-0.15, -0.1) is 0 Å². The molecule has 1 amide bonds. The standard InChI is InChI=1S/C13H15NO3/c1-3-17-13(16)8-7-11-5-4-6-12(9-11)14-10(2)15/h4-9H,3H2,1-2H3,(H,14,15). The predicted molar refractivity (Wildman–Crippen MR) is 66.4 cm³/mol. The number of carbonyl (C=O) groups is 2. The van der Waals surface area contributed by atoms with E-state index in [0.717, 1.165) is 5.56 Å². The molecule has 0 saturated heterocycles. The van der Waals surface area contributed by atoms with Gasteiger partial charge in [0.15, 0.2) is 0 Å². The summed E-state index contributed by atoms with van der Waals surface area (Å²) >= 11 is 0. The lowest BCUT2D eigenvalue weighted by Crippen LogP contribution is -2.05. The Morgan fingerprint density at radius 1 is 1.41 bits per heavy atom. The van der Waals surface area contributed by atoms with Gasteiger partial charge in [-0.1, -0.05) is 12.1 Å². The first-order valence-electron chi connectivity index (χ1n) is 5.34. The molecule has 0 aliphatic carbocycles. The fraction of sp³-hybridized carbons (Fsp3) is 0.231. The topological polar surface area (TPSA) is 55.4 Å². The molecule has 0 unspecified atom stereocenters. The minimum atomic E-state index is -0.377. The molecule has 0 aliphatic heterocycles. The van der Waals surface area contributed by atoms with Crippen molar-refractivity contribution < 1.29 is 14.3 Å². The Labute approximate surface area is 100 Å². The van der Waals surface area contributed by atoms with Crippen molar-refractivity contribution in [2.24, 2.45) is 0 Å². The molecule has 1 aromatic carbocycles. The Hall–Kier alpha value is -2.10. The first kappa shape index (κ1) is 13.0. The summed E-state index contributed by atoms with van der Waals surface area (Å²) in [4.78, 5) is 22.0. The lowest BCUT2D eigenvalue weighted by molar-refractivity contribution is -0.137. The van der Waals surface area contributed by atoms with Gasteiger partial charge < -0.3 is 10.1 Å². The molecule has 4 nitrogen and oxygen atoms in total. The predicted octanol–water partition coefficient (Wildman–Crippen LogP) is 2.22. The van der Waals surface area contributed by atoms with Crippen molar-refractivity contribution in [3.05, 3.63) is 35.9 Å². The largest absolute Gasteiger partial charge is 0.463 e. The second-order valence-electron chi connectivity index (χ2n) is 3.39. The molecular formula is C13H15NO3. The van der Waals surface area contributed by atoms with Crippen LogP contribution in [0.15, 0.2) is 30.3 Å². The maximum absolute atomic E-state index is 11.1. The van der Waals surface area contributed by atoms with Crippen molar-refractivity contribution in [1.29, 1.82) is 0 Å². The Morgan fingerprint density at radius 3 is 2.82 bits per heavy atom. The molecule has 0 atom stereocenters. The van der Waals surface area contributed by atoms with Crippen LogP contribution < -0.4 is 5.32 Å². The van der Waals surface area contributed by atoms with E-state index in [1.165, 1.54) is 13.0 Å². The van der Waals surface area contributed by atoms with Gasteiger partial charge in [-0.3, -0.25) is 4.79 Å². The van der Waals surface area contributed by atoms with Crippen molar-refractivity contribution >= 4 is 23.6 Å². The number of amides is 1. The van der Waals surface area contributed by atoms with Gasteiger partial charge in [0.05, 0.1) is 6.61 Å².